The number of para-hydroxylation sites is 2. The number of nitrogens with zero attached hydrogens (tertiary/aromatic N) is 1. The first-order valence-corrected chi connectivity index (χ1v) is 10.8. The molecule has 0 aliphatic carbocycles. The van der Waals surface area contributed by atoms with Gasteiger partial charge in [-0.1, -0.05) is 54.6 Å². The van der Waals surface area contributed by atoms with Gasteiger partial charge in [0.1, 0.15) is 17.5 Å². The van der Waals surface area contributed by atoms with Crippen molar-refractivity contribution in [3.8, 4) is 11.5 Å². The minimum atomic E-state index is -4.01. The number of carbonyl (C=O) groups is 1. The molecule has 2 atom stereocenters. The molecule has 2 aromatic rings. The van der Waals surface area contributed by atoms with Crippen molar-refractivity contribution in [2.75, 3.05) is 7.11 Å². The third-order valence-electron chi connectivity index (χ3n) is 4.47. The number of rotatable bonds is 8. The number of hydrogen-bond acceptors (Lipinski definition) is 5. The van der Waals surface area contributed by atoms with E-state index in [0.29, 0.717) is 24.3 Å². The molecule has 0 saturated heterocycles. The van der Waals surface area contributed by atoms with Crippen molar-refractivity contribution in [2.45, 2.75) is 24.9 Å². The Hall–Kier alpha value is -2.82. The highest BCUT2D eigenvalue weighted by atomic mass is 31.2. The van der Waals surface area contributed by atoms with Crippen LogP contribution in [0.1, 0.15) is 12.8 Å². The summed E-state index contributed by atoms with van der Waals surface area (Å²) in [6.45, 7) is 3.78. The molecule has 0 N–H and O–H groups in total. The molecule has 1 aliphatic rings. The van der Waals surface area contributed by atoms with Crippen molar-refractivity contribution >= 4 is 13.7 Å². The molecule has 0 saturated carbocycles. The SMILES string of the molecule is C=CC[C@H]1C=CC[C@@H](C(=O)OC)N1P(=O)(Oc1ccccc1)Oc1ccccc1. The van der Waals surface area contributed by atoms with Crippen LogP contribution in [0.3, 0.4) is 0 Å². The summed E-state index contributed by atoms with van der Waals surface area (Å²) >= 11 is 0. The number of carbonyl (C=O) groups excluding carboxylic acids is 1. The molecule has 152 valence electrons. The molecular formula is C22H24NO5P. The first-order chi connectivity index (χ1) is 14.1. The van der Waals surface area contributed by atoms with Crippen LogP contribution in [0, 0.1) is 0 Å². The van der Waals surface area contributed by atoms with Gasteiger partial charge < -0.3 is 13.8 Å². The van der Waals surface area contributed by atoms with E-state index >= 15 is 0 Å². The molecule has 0 spiro atoms. The maximum atomic E-state index is 14.2. The van der Waals surface area contributed by atoms with Crippen molar-refractivity contribution in [1.82, 2.24) is 4.67 Å². The fraction of sp³-hybridized carbons (Fsp3) is 0.227. The summed E-state index contributed by atoms with van der Waals surface area (Å²) in [6.07, 6.45) is 6.26. The van der Waals surface area contributed by atoms with Gasteiger partial charge in [0.05, 0.1) is 7.11 Å². The second kappa shape index (κ2) is 9.59. The molecule has 0 aromatic heterocycles. The molecule has 2 aromatic carbocycles. The molecule has 0 fully saturated rings. The van der Waals surface area contributed by atoms with Crippen LogP contribution in [0.5, 0.6) is 11.5 Å². The molecule has 29 heavy (non-hydrogen) atoms. The van der Waals surface area contributed by atoms with Crippen molar-refractivity contribution in [3.63, 3.8) is 0 Å². The summed E-state index contributed by atoms with van der Waals surface area (Å²) < 4.78 is 32.5. The Morgan fingerprint density at radius 3 is 2.14 bits per heavy atom. The highest BCUT2D eigenvalue weighted by Crippen LogP contribution is 2.56. The molecule has 1 heterocycles. The Bertz CT molecular complexity index is 854. The fourth-order valence-electron chi connectivity index (χ4n) is 3.18. The fourth-order valence-corrected chi connectivity index (χ4v) is 5.25. The summed E-state index contributed by atoms with van der Waals surface area (Å²) in [4.78, 5) is 12.5. The van der Waals surface area contributed by atoms with Gasteiger partial charge in [-0.3, -0.25) is 4.79 Å². The van der Waals surface area contributed by atoms with Gasteiger partial charge in [0.2, 0.25) is 0 Å². The van der Waals surface area contributed by atoms with Crippen molar-refractivity contribution in [1.29, 1.82) is 0 Å². The Kier molecular flexibility index (Phi) is 6.91. The third-order valence-corrected chi connectivity index (χ3v) is 6.49. The van der Waals surface area contributed by atoms with Crippen LogP contribution in [-0.4, -0.2) is 29.8 Å². The number of benzene rings is 2. The van der Waals surface area contributed by atoms with Gasteiger partial charge in [0.25, 0.3) is 0 Å². The molecule has 7 heteroatoms. The maximum Gasteiger partial charge on any atom is 0.516 e. The lowest BCUT2D eigenvalue weighted by atomic mass is 10.0. The predicted molar refractivity (Wildman–Crippen MR) is 112 cm³/mol. The highest BCUT2D eigenvalue weighted by molar-refractivity contribution is 7.52. The maximum absolute atomic E-state index is 14.2. The Balaban J connectivity index is 2.07. The van der Waals surface area contributed by atoms with Crippen molar-refractivity contribution in [3.05, 3.63) is 85.5 Å². The number of hydrogen-bond donors (Lipinski definition) is 0. The molecule has 0 amide bonds. The van der Waals surface area contributed by atoms with Gasteiger partial charge in [0, 0.05) is 6.04 Å². The van der Waals surface area contributed by atoms with Gasteiger partial charge in [-0.05, 0) is 37.1 Å². The second-order valence-corrected chi connectivity index (χ2v) is 8.22. The van der Waals surface area contributed by atoms with Crippen LogP contribution in [-0.2, 0) is 14.1 Å². The number of methoxy groups -OCH3 is 1. The van der Waals surface area contributed by atoms with E-state index in [1.165, 1.54) is 11.8 Å². The van der Waals surface area contributed by atoms with Crippen LogP contribution >= 0.6 is 7.75 Å². The quantitative estimate of drug-likeness (QED) is 0.345. The van der Waals surface area contributed by atoms with E-state index < -0.39 is 25.8 Å². The van der Waals surface area contributed by atoms with Gasteiger partial charge in [0.15, 0.2) is 0 Å². The second-order valence-electron chi connectivity index (χ2n) is 6.45. The zero-order valence-electron chi connectivity index (χ0n) is 16.2. The molecule has 1 aliphatic heterocycles. The zero-order chi connectivity index (χ0) is 20.7. The van der Waals surface area contributed by atoms with E-state index in [0.717, 1.165) is 0 Å². The molecular weight excluding hydrogens is 389 g/mol. The van der Waals surface area contributed by atoms with Crippen LogP contribution in [0.2, 0.25) is 0 Å². The standard InChI is InChI=1S/C22H24NO5P/c1-3-11-18-12-10-17-21(22(24)26-2)23(18)29(25,27-19-13-6-4-7-14-19)28-20-15-8-5-9-16-20/h3-10,12-16,18,21H,1,11,17H2,2H3/t18-,21-/m0/s1. The lowest BCUT2D eigenvalue weighted by Crippen LogP contribution is -2.48. The largest absolute Gasteiger partial charge is 0.516 e. The van der Waals surface area contributed by atoms with Crippen LogP contribution < -0.4 is 9.05 Å². The molecule has 0 unspecified atom stereocenters. The zero-order valence-corrected chi connectivity index (χ0v) is 17.1. The average molecular weight is 413 g/mol. The summed E-state index contributed by atoms with van der Waals surface area (Å²) in [6, 6.07) is 16.3. The van der Waals surface area contributed by atoms with Crippen LogP contribution in [0.25, 0.3) is 0 Å². The molecule has 3 rings (SSSR count). The minimum Gasteiger partial charge on any atom is -0.468 e. The lowest BCUT2D eigenvalue weighted by Gasteiger charge is -2.39. The van der Waals surface area contributed by atoms with Crippen molar-refractivity contribution in [2.24, 2.45) is 0 Å². The molecule has 6 nitrogen and oxygen atoms in total. The Morgan fingerprint density at radius 1 is 1.10 bits per heavy atom. The number of esters is 1. The molecule has 0 bridgehead atoms. The first-order valence-electron chi connectivity index (χ1n) is 9.31. The average Bonchev–Trinajstić information content (AvgIpc) is 2.74. The third kappa shape index (κ3) is 4.97. The van der Waals surface area contributed by atoms with Crippen LogP contribution in [0.4, 0.5) is 0 Å². The smallest absolute Gasteiger partial charge is 0.468 e. The van der Waals surface area contributed by atoms with E-state index in [2.05, 4.69) is 6.58 Å². The summed E-state index contributed by atoms with van der Waals surface area (Å²) in [5.41, 5.74) is 0. The van der Waals surface area contributed by atoms with Crippen LogP contribution in [0.15, 0.2) is 85.5 Å². The van der Waals surface area contributed by atoms with E-state index in [1.54, 1.807) is 54.6 Å². The lowest BCUT2D eigenvalue weighted by molar-refractivity contribution is -0.146. The first kappa shape index (κ1) is 20.9. The van der Waals surface area contributed by atoms with E-state index in [1.807, 2.05) is 24.3 Å². The Morgan fingerprint density at radius 2 is 1.66 bits per heavy atom. The summed E-state index contributed by atoms with van der Waals surface area (Å²) in [7, 11) is -2.71. The highest BCUT2D eigenvalue weighted by Gasteiger charge is 2.49. The summed E-state index contributed by atoms with van der Waals surface area (Å²) in [5, 5.41) is 0. The van der Waals surface area contributed by atoms with Gasteiger partial charge in [-0.25, -0.2) is 4.57 Å². The molecule has 0 radical (unpaired) electrons. The van der Waals surface area contributed by atoms with E-state index in [-0.39, 0.29) is 0 Å². The predicted octanol–water partition coefficient (Wildman–Crippen LogP) is 5.00. The van der Waals surface area contributed by atoms with Gasteiger partial charge in [-0.2, -0.15) is 4.67 Å². The van der Waals surface area contributed by atoms with Crippen molar-refractivity contribution < 1.29 is 23.1 Å². The summed E-state index contributed by atoms with van der Waals surface area (Å²) in [5.74, 6) is 0.251. The van der Waals surface area contributed by atoms with E-state index in [9.17, 15) is 9.36 Å². The topological polar surface area (TPSA) is 65.1 Å². The van der Waals surface area contributed by atoms with Gasteiger partial charge in [-0.15, -0.1) is 6.58 Å². The van der Waals surface area contributed by atoms with E-state index in [4.69, 9.17) is 13.8 Å². The van der Waals surface area contributed by atoms with Gasteiger partial charge >= 0.3 is 13.7 Å². The normalized spacial score (nSPS) is 19.3. The minimum absolute atomic E-state index is 0.334. The number of ether oxygens (including phenoxy) is 1. The Labute approximate surface area is 171 Å². The monoisotopic (exact) mass is 413 g/mol.